The molecule has 1 amide bonds. The van der Waals surface area contributed by atoms with Gasteiger partial charge in [-0.3, -0.25) is 4.79 Å². The fourth-order valence-electron chi connectivity index (χ4n) is 4.50. The van der Waals surface area contributed by atoms with Crippen LogP contribution < -0.4 is 14.8 Å². The zero-order chi connectivity index (χ0) is 23.7. The molecule has 7 heteroatoms. The molecule has 4 aromatic rings. The van der Waals surface area contributed by atoms with Gasteiger partial charge in [-0.05, 0) is 46.9 Å². The molecular weight excluding hydrogens is 438 g/mol. The number of aromatic nitrogens is 1. The number of halogens is 2. The fourth-order valence-corrected chi connectivity index (χ4v) is 4.50. The standard InChI is InChI=1S/C27H24F2N2O3/c1-2-17-4-3-5-20-22(14-31-27(17)20)21(19-8-7-18(28)11-23(19)29)12-26(32)30-13-16-6-9-24-25(10-16)34-15-33-24/h3-11,14,21,31H,2,12-13,15H2,1H3,(H,30,32)/t21-/m0/s1. The van der Waals surface area contributed by atoms with Crippen molar-refractivity contribution in [3.63, 3.8) is 0 Å². The lowest BCUT2D eigenvalue weighted by Crippen LogP contribution is -2.25. The SMILES string of the molecule is CCc1cccc2c([C@@H](CC(=O)NCc3ccc4c(c3)OCO4)c3ccc(F)cc3F)c[nH]c12. The summed E-state index contributed by atoms with van der Waals surface area (Å²) in [5, 5.41) is 3.84. The number of carbonyl (C=O) groups is 1. The Balaban J connectivity index is 1.43. The van der Waals surface area contributed by atoms with Crippen LogP contribution in [0.1, 0.15) is 41.5 Å². The molecule has 0 aliphatic carbocycles. The summed E-state index contributed by atoms with van der Waals surface area (Å²) in [6.45, 7) is 2.54. The summed E-state index contributed by atoms with van der Waals surface area (Å²) in [6.07, 6.45) is 2.67. The van der Waals surface area contributed by atoms with Gasteiger partial charge in [-0.2, -0.15) is 0 Å². The van der Waals surface area contributed by atoms with Crippen molar-refractivity contribution in [2.45, 2.75) is 32.2 Å². The Bertz CT molecular complexity index is 1370. The van der Waals surface area contributed by atoms with Crippen LogP contribution in [-0.4, -0.2) is 17.7 Å². The number of aromatic amines is 1. The zero-order valence-corrected chi connectivity index (χ0v) is 18.7. The van der Waals surface area contributed by atoms with Crippen molar-refractivity contribution in [3.8, 4) is 11.5 Å². The smallest absolute Gasteiger partial charge is 0.231 e. The first kappa shape index (κ1) is 21.9. The van der Waals surface area contributed by atoms with E-state index < -0.39 is 17.6 Å². The van der Waals surface area contributed by atoms with Crippen LogP contribution in [0.2, 0.25) is 0 Å². The van der Waals surface area contributed by atoms with E-state index in [2.05, 4.69) is 17.2 Å². The van der Waals surface area contributed by atoms with E-state index in [4.69, 9.17) is 9.47 Å². The van der Waals surface area contributed by atoms with Gasteiger partial charge in [0.15, 0.2) is 11.5 Å². The highest BCUT2D eigenvalue weighted by molar-refractivity contribution is 5.88. The minimum absolute atomic E-state index is 0.0103. The number of benzene rings is 3. The zero-order valence-electron chi connectivity index (χ0n) is 18.7. The van der Waals surface area contributed by atoms with E-state index in [-0.39, 0.29) is 24.7 Å². The Kier molecular flexibility index (Phi) is 5.92. The summed E-state index contributed by atoms with van der Waals surface area (Å²) < 4.78 is 39.2. The van der Waals surface area contributed by atoms with E-state index >= 15 is 0 Å². The number of aryl methyl sites for hydroxylation is 1. The second kappa shape index (κ2) is 9.17. The van der Waals surface area contributed by atoms with Crippen LogP contribution in [0.4, 0.5) is 8.78 Å². The van der Waals surface area contributed by atoms with Crippen molar-refractivity contribution in [2.24, 2.45) is 0 Å². The van der Waals surface area contributed by atoms with Crippen LogP contribution in [-0.2, 0) is 17.8 Å². The Morgan fingerprint density at radius 1 is 1.06 bits per heavy atom. The maximum Gasteiger partial charge on any atom is 0.231 e. The molecule has 0 unspecified atom stereocenters. The average molecular weight is 462 g/mol. The van der Waals surface area contributed by atoms with Crippen LogP contribution in [0.15, 0.2) is 60.8 Å². The van der Waals surface area contributed by atoms with Crippen LogP contribution in [0.5, 0.6) is 11.5 Å². The third kappa shape index (κ3) is 4.21. The maximum atomic E-state index is 14.9. The number of carbonyl (C=O) groups excluding carboxylic acids is 1. The van der Waals surface area contributed by atoms with Gasteiger partial charge in [0.05, 0.1) is 0 Å². The first-order chi connectivity index (χ1) is 16.5. The molecule has 1 aromatic heterocycles. The third-order valence-electron chi connectivity index (χ3n) is 6.24. The second-order valence-corrected chi connectivity index (χ2v) is 8.32. The molecule has 2 N–H and O–H groups in total. The van der Waals surface area contributed by atoms with Crippen LogP contribution in [0, 0.1) is 11.6 Å². The lowest BCUT2D eigenvalue weighted by Gasteiger charge is -2.18. The van der Waals surface area contributed by atoms with Crippen molar-refractivity contribution in [1.82, 2.24) is 10.3 Å². The molecule has 0 saturated carbocycles. The molecule has 34 heavy (non-hydrogen) atoms. The number of para-hydroxylation sites is 1. The first-order valence-corrected chi connectivity index (χ1v) is 11.2. The Morgan fingerprint density at radius 2 is 1.91 bits per heavy atom. The number of fused-ring (bicyclic) bond motifs is 2. The van der Waals surface area contributed by atoms with Crippen LogP contribution in [0.25, 0.3) is 10.9 Å². The third-order valence-corrected chi connectivity index (χ3v) is 6.24. The predicted molar refractivity (Wildman–Crippen MR) is 125 cm³/mol. The van der Waals surface area contributed by atoms with Crippen LogP contribution in [0.3, 0.4) is 0 Å². The Labute approximate surface area is 195 Å². The van der Waals surface area contributed by atoms with Crippen molar-refractivity contribution in [1.29, 1.82) is 0 Å². The molecular formula is C27H24F2N2O3. The van der Waals surface area contributed by atoms with Gasteiger partial charge in [0.2, 0.25) is 12.7 Å². The molecule has 174 valence electrons. The molecule has 2 heterocycles. The number of hydrogen-bond acceptors (Lipinski definition) is 3. The number of hydrogen-bond donors (Lipinski definition) is 2. The highest BCUT2D eigenvalue weighted by Crippen LogP contribution is 2.36. The number of H-pyrrole nitrogens is 1. The summed E-state index contributed by atoms with van der Waals surface area (Å²) >= 11 is 0. The second-order valence-electron chi connectivity index (χ2n) is 8.32. The lowest BCUT2D eigenvalue weighted by atomic mass is 9.87. The number of rotatable bonds is 7. The van der Waals surface area contributed by atoms with E-state index in [1.54, 1.807) is 6.07 Å². The maximum absolute atomic E-state index is 14.9. The summed E-state index contributed by atoms with van der Waals surface area (Å²) in [6, 6.07) is 14.9. The van der Waals surface area contributed by atoms with Gasteiger partial charge in [-0.25, -0.2) is 8.78 Å². The predicted octanol–water partition coefficient (Wildman–Crippen LogP) is 5.58. The van der Waals surface area contributed by atoms with Gasteiger partial charge in [-0.1, -0.05) is 37.3 Å². The van der Waals surface area contributed by atoms with Crippen LogP contribution >= 0.6 is 0 Å². The molecule has 0 spiro atoms. The number of amides is 1. The van der Waals surface area contributed by atoms with Gasteiger partial charge in [0.25, 0.3) is 0 Å². The van der Waals surface area contributed by atoms with E-state index in [1.807, 2.05) is 36.5 Å². The average Bonchev–Trinajstić information content (AvgIpc) is 3.48. The van der Waals surface area contributed by atoms with Crippen molar-refractivity contribution >= 4 is 16.8 Å². The van der Waals surface area contributed by atoms with Crippen molar-refractivity contribution in [2.75, 3.05) is 6.79 Å². The molecule has 1 aliphatic rings. The number of ether oxygens (including phenoxy) is 2. The van der Waals surface area contributed by atoms with Gasteiger partial charge in [-0.15, -0.1) is 0 Å². The van der Waals surface area contributed by atoms with Gasteiger partial charge >= 0.3 is 0 Å². The molecule has 1 aliphatic heterocycles. The summed E-state index contributed by atoms with van der Waals surface area (Å²) in [4.78, 5) is 16.3. The van der Waals surface area contributed by atoms with Crippen molar-refractivity contribution in [3.05, 3.63) is 94.7 Å². The highest BCUT2D eigenvalue weighted by Gasteiger charge is 2.25. The summed E-state index contributed by atoms with van der Waals surface area (Å²) in [5.41, 5.74) is 4.04. The minimum atomic E-state index is -0.672. The summed E-state index contributed by atoms with van der Waals surface area (Å²) in [5.74, 6) is -0.837. The monoisotopic (exact) mass is 462 g/mol. The topological polar surface area (TPSA) is 63.4 Å². The van der Waals surface area contributed by atoms with Gasteiger partial charge < -0.3 is 19.8 Å². The van der Waals surface area contributed by atoms with E-state index in [1.165, 1.54) is 12.1 Å². The molecule has 0 radical (unpaired) electrons. The Morgan fingerprint density at radius 3 is 2.74 bits per heavy atom. The Hall–Kier alpha value is -3.87. The molecule has 0 bridgehead atoms. The molecule has 5 nitrogen and oxygen atoms in total. The van der Waals surface area contributed by atoms with E-state index in [0.717, 1.165) is 40.1 Å². The van der Waals surface area contributed by atoms with E-state index in [0.29, 0.717) is 18.0 Å². The molecule has 1 atom stereocenters. The van der Waals surface area contributed by atoms with E-state index in [9.17, 15) is 13.6 Å². The highest BCUT2D eigenvalue weighted by atomic mass is 19.1. The molecule has 0 saturated heterocycles. The lowest BCUT2D eigenvalue weighted by molar-refractivity contribution is -0.121. The minimum Gasteiger partial charge on any atom is -0.454 e. The number of nitrogens with one attached hydrogen (secondary N) is 2. The largest absolute Gasteiger partial charge is 0.454 e. The molecule has 5 rings (SSSR count). The van der Waals surface area contributed by atoms with Gasteiger partial charge in [0.1, 0.15) is 11.6 Å². The normalized spacial score (nSPS) is 13.3. The summed E-state index contributed by atoms with van der Waals surface area (Å²) in [7, 11) is 0. The van der Waals surface area contributed by atoms with Gasteiger partial charge in [0, 0.05) is 42.0 Å². The van der Waals surface area contributed by atoms with Crippen molar-refractivity contribution < 1.29 is 23.0 Å². The quantitative estimate of drug-likeness (QED) is 0.377. The molecule has 3 aromatic carbocycles. The molecule has 0 fully saturated rings. The fraction of sp³-hybridized carbons (Fsp3) is 0.222. The first-order valence-electron chi connectivity index (χ1n) is 11.2.